The number of alkyl halides is 1. The number of hydrogen-bond donors (Lipinski definition) is 2. The molecule has 54 heavy (non-hydrogen) atoms. The summed E-state index contributed by atoms with van der Waals surface area (Å²) in [5.41, 5.74) is 3.26. The zero-order valence-corrected chi connectivity index (χ0v) is 31.1. The maximum absolute atomic E-state index is 12.6. The number of methoxy groups -OCH3 is 2. The van der Waals surface area contributed by atoms with E-state index in [2.05, 4.69) is 41.9 Å². The van der Waals surface area contributed by atoms with Gasteiger partial charge in [0.2, 0.25) is 17.7 Å². The van der Waals surface area contributed by atoms with Crippen LogP contribution in [0.3, 0.4) is 0 Å². The van der Waals surface area contributed by atoms with Gasteiger partial charge in [0, 0.05) is 87.1 Å². The average molecular weight is 763 g/mol. The maximum Gasteiger partial charge on any atom is 0.311 e. The Hall–Kier alpha value is -5.67. The molecule has 2 saturated heterocycles. The van der Waals surface area contributed by atoms with Crippen LogP contribution in [0.1, 0.15) is 19.3 Å². The Bertz CT molecular complexity index is 1910. The lowest BCUT2D eigenvalue weighted by Crippen LogP contribution is -2.47. The highest BCUT2D eigenvalue weighted by molar-refractivity contribution is 6.31. The van der Waals surface area contributed by atoms with Gasteiger partial charge in [-0.2, -0.15) is 4.98 Å². The van der Waals surface area contributed by atoms with E-state index in [-0.39, 0.29) is 35.1 Å². The molecule has 16 heteroatoms. The SMILES string of the molecule is C=CC(=O)Nc1cccc(Oc2nc(Nc3ccc(N4CCN(CCF)CC4)cc3OC)ncc2Cl)c1.COc1cc(N2CCCCC2)ccc1[N+](=O)[O-]. The van der Waals surface area contributed by atoms with E-state index in [0.29, 0.717) is 35.2 Å². The number of carbonyl (C=O) groups is 1. The van der Waals surface area contributed by atoms with Gasteiger partial charge in [-0.1, -0.05) is 24.2 Å². The van der Waals surface area contributed by atoms with Crippen LogP contribution in [0, 0.1) is 10.1 Å². The van der Waals surface area contributed by atoms with Crippen molar-refractivity contribution < 1.29 is 28.3 Å². The lowest BCUT2D eigenvalue weighted by Gasteiger charge is -2.35. The lowest BCUT2D eigenvalue weighted by molar-refractivity contribution is -0.385. The van der Waals surface area contributed by atoms with Gasteiger partial charge in [0.1, 0.15) is 23.2 Å². The molecule has 3 aromatic carbocycles. The summed E-state index contributed by atoms with van der Waals surface area (Å²) >= 11 is 6.28. The topological polar surface area (TPSA) is 147 Å². The number of anilines is 5. The Labute approximate surface area is 318 Å². The van der Waals surface area contributed by atoms with Crippen molar-refractivity contribution in [2.75, 3.05) is 87.1 Å². The molecule has 2 aliphatic rings. The molecular formula is C38H44ClFN8O6. The molecule has 4 aromatic rings. The first-order valence-electron chi connectivity index (χ1n) is 17.5. The van der Waals surface area contributed by atoms with Gasteiger partial charge < -0.3 is 34.6 Å². The third kappa shape index (κ3) is 10.7. The summed E-state index contributed by atoms with van der Waals surface area (Å²) in [6.45, 7) is 8.89. The van der Waals surface area contributed by atoms with Crippen molar-refractivity contribution in [1.82, 2.24) is 14.9 Å². The summed E-state index contributed by atoms with van der Waals surface area (Å²) in [4.78, 5) is 37.2. The van der Waals surface area contributed by atoms with E-state index in [9.17, 15) is 19.3 Å². The van der Waals surface area contributed by atoms with Crippen molar-refractivity contribution in [2.45, 2.75) is 19.3 Å². The number of rotatable bonds is 13. The number of nitrogens with one attached hydrogen (secondary N) is 2. The van der Waals surface area contributed by atoms with Crippen molar-refractivity contribution in [3.8, 4) is 23.1 Å². The van der Waals surface area contributed by atoms with Crippen molar-refractivity contribution in [2.24, 2.45) is 0 Å². The number of carbonyl (C=O) groups excluding carboxylic acids is 1. The van der Waals surface area contributed by atoms with Crippen molar-refractivity contribution in [3.05, 3.63) is 94.7 Å². The van der Waals surface area contributed by atoms with E-state index in [1.54, 1.807) is 43.5 Å². The summed E-state index contributed by atoms with van der Waals surface area (Å²) in [7, 11) is 3.06. The molecule has 6 rings (SSSR count). The predicted molar refractivity (Wildman–Crippen MR) is 209 cm³/mol. The highest BCUT2D eigenvalue weighted by atomic mass is 35.5. The fourth-order valence-electron chi connectivity index (χ4n) is 6.04. The number of amides is 1. The van der Waals surface area contributed by atoms with Crippen molar-refractivity contribution in [1.29, 1.82) is 0 Å². The molecule has 2 N–H and O–H groups in total. The van der Waals surface area contributed by atoms with Crippen molar-refractivity contribution in [3.63, 3.8) is 0 Å². The number of aromatic nitrogens is 2. The molecule has 2 fully saturated rings. The molecule has 1 aromatic heterocycles. The molecule has 0 bridgehead atoms. The first-order valence-corrected chi connectivity index (χ1v) is 17.9. The highest BCUT2D eigenvalue weighted by Crippen LogP contribution is 2.35. The first kappa shape index (κ1) is 39.5. The number of piperazine rings is 1. The molecule has 1 amide bonds. The molecule has 0 radical (unpaired) electrons. The Morgan fingerprint density at radius 3 is 2.31 bits per heavy atom. The number of halogens is 2. The third-order valence-electron chi connectivity index (χ3n) is 8.86. The summed E-state index contributed by atoms with van der Waals surface area (Å²) in [6, 6.07) is 17.7. The van der Waals surface area contributed by atoms with E-state index < -0.39 is 4.92 Å². The van der Waals surface area contributed by atoms with Crippen LogP contribution in [0.4, 0.5) is 38.8 Å². The standard InChI is InChI=1S/C26H28ClFN6O3.C12H16N2O3/c1-3-24(35)30-18-5-4-6-20(15-18)37-25-21(27)17-29-26(32-25)31-22-8-7-19(16-23(22)36-2)34-13-11-33(10-9-28)12-14-34;1-17-12-9-10(5-6-11(12)14(15)16)13-7-3-2-4-8-13/h3-8,15-17H,1,9-14H2,2H3,(H,30,35)(H,29,31,32);5-6,9H,2-4,7-8H2,1H3. The molecule has 3 heterocycles. The van der Waals surface area contributed by atoms with Crippen LogP contribution in [0.15, 0.2) is 79.5 Å². The minimum Gasteiger partial charge on any atom is -0.494 e. The van der Waals surface area contributed by atoms with Gasteiger partial charge in [-0.15, -0.1) is 0 Å². The van der Waals surface area contributed by atoms with Crippen LogP contribution in [-0.2, 0) is 4.79 Å². The first-order chi connectivity index (χ1) is 26.2. The smallest absolute Gasteiger partial charge is 0.311 e. The number of benzene rings is 3. The van der Waals surface area contributed by atoms with E-state index in [0.717, 1.165) is 50.6 Å². The maximum atomic E-state index is 12.6. The number of nitro benzene ring substituents is 1. The highest BCUT2D eigenvalue weighted by Gasteiger charge is 2.20. The molecule has 14 nitrogen and oxygen atoms in total. The second-order valence-electron chi connectivity index (χ2n) is 12.4. The Morgan fingerprint density at radius 1 is 0.963 bits per heavy atom. The van der Waals surface area contributed by atoms with Crippen molar-refractivity contribution >= 4 is 51.9 Å². The molecule has 0 spiro atoms. The zero-order valence-electron chi connectivity index (χ0n) is 30.3. The Balaban J connectivity index is 0.000000274. The van der Waals surface area contributed by atoms with Gasteiger partial charge in [0.25, 0.3) is 0 Å². The quantitative estimate of drug-likeness (QED) is 0.0791. The lowest BCUT2D eigenvalue weighted by atomic mass is 10.1. The van der Waals surface area contributed by atoms with Crippen LogP contribution in [-0.4, -0.2) is 92.4 Å². The van der Waals surface area contributed by atoms with Gasteiger partial charge >= 0.3 is 5.69 Å². The number of nitrogens with zero attached hydrogens (tertiary/aromatic N) is 6. The second-order valence-corrected chi connectivity index (χ2v) is 12.8. The summed E-state index contributed by atoms with van der Waals surface area (Å²) in [5, 5.41) is 16.8. The minimum atomic E-state index is -0.418. The van der Waals surface area contributed by atoms with Gasteiger partial charge in [0.15, 0.2) is 5.75 Å². The van der Waals surface area contributed by atoms with E-state index >= 15 is 0 Å². The molecule has 0 aliphatic carbocycles. The molecule has 2 aliphatic heterocycles. The summed E-state index contributed by atoms with van der Waals surface area (Å²) in [6.07, 6.45) is 6.25. The molecular weight excluding hydrogens is 719 g/mol. The Kier molecular flexibility index (Phi) is 14.2. The van der Waals surface area contributed by atoms with Gasteiger partial charge in [-0.25, -0.2) is 9.37 Å². The fourth-order valence-corrected chi connectivity index (χ4v) is 6.17. The fraction of sp³-hybridized carbons (Fsp3) is 0.342. The van der Waals surface area contributed by atoms with Gasteiger partial charge in [-0.05, 0) is 55.7 Å². The summed E-state index contributed by atoms with van der Waals surface area (Å²) < 4.78 is 29.2. The number of ether oxygens (including phenoxy) is 3. The van der Waals surface area contributed by atoms with E-state index in [1.807, 2.05) is 18.2 Å². The average Bonchev–Trinajstić information content (AvgIpc) is 3.20. The van der Waals surface area contributed by atoms with E-state index in [1.165, 1.54) is 44.7 Å². The second kappa shape index (κ2) is 19.4. The third-order valence-corrected chi connectivity index (χ3v) is 9.12. The summed E-state index contributed by atoms with van der Waals surface area (Å²) in [5.74, 6) is 1.47. The van der Waals surface area contributed by atoms with E-state index in [4.69, 9.17) is 25.8 Å². The molecule has 0 atom stereocenters. The van der Waals surface area contributed by atoms with Crippen LogP contribution < -0.4 is 34.6 Å². The normalized spacial score (nSPS) is 14.3. The Morgan fingerprint density at radius 2 is 1.65 bits per heavy atom. The van der Waals surface area contributed by atoms with Crippen LogP contribution in [0.5, 0.6) is 23.1 Å². The van der Waals surface area contributed by atoms with Crippen LogP contribution >= 0.6 is 11.6 Å². The van der Waals surface area contributed by atoms with Gasteiger partial charge in [0.05, 0.1) is 31.0 Å². The molecule has 0 unspecified atom stereocenters. The zero-order chi connectivity index (χ0) is 38.5. The molecule has 0 saturated carbocycles. The number of piperidine rings is 1. The number of nitro groups is 1. The van der Waals surface area contributed by atoms with Gasteiger partial charge in [-0.3, -0.25) is 19.8 Å². The minimum absolute atomic E-state index is 0.0215. The largest absolute Gasteiger partial charge is 0.494 e. The monoisotopic (exact) mass is 762 g/mol. The van der Waals surface area contributed by atoms with Crippen LogP contribution in [0.2, 0.25) is 5.02 Å². The predicted octanol–water partition coefficient (Wildman–Crippen LogP) is 7.48. The van der Waals surface area contributed by atoms with Crippen LogP contribution in [0.25, 0.3) is 0 Å². The number of hydrogen-bond acceptors (Lipinski definition) is 12. The molecule has 286 valence electrons.